The summed E-state index contributed by atoms with van der Waals surface area (Å²) in [6.45, 7) is 0. The zero-order chi connectivity index (χ0) is 11.4. The molecule has 0 unspecified atom stereocenters. The molecule has 0 bridgehead atoms. The summed E-state index contributed by atoms with van der Waals surface area (Å²) in [5, 5.41) is 3.56. The first kappa shape index (κ1) is 11.5. The van der Waals surface area contributed by atoms with Crippen molar-refractivity contribution in [3.05, 3.63) is 42.0 Å². The average Bonchev–Trinajstić information content (AvgIpc) is 2.35. The fourth-order valence-corrected chi connectivity index (χ4v) is 2.28. The van der Waals surface area contributed by atoms with Gasteiger partial charge in [0.05, 0.1) is 7.11 Å². The molecule has 16 heavy (non-hydrogen) atoms. The Bertz CT molecular complexity index is 479. The molecule has 0 aliphatic heterocycles. The summed E-state index contributed by atoms with van der Waals surface area (Å²) in [7, 11) is 1.72. The maximum atomic E-state index is 5.38. The van der Waals surface area contributed by atoms with Gasteiger partial charge in [-0.1, -0.05) is 46.3 Å². The molecule has 0 N–H and O–H groups in total. The van der Waals surface area contributed by atoms with E-state index in [1.54, 1.807) is 7.11 Å². The van der Waals surface area contributed by atoms with E-state index in [1.165, 1.54) is 16.3 Å². The van der Waals surface area contributed by atoms with E-state index in [-0.39, 0.29) is 0 Å². The van der Waals surface area contributed by atoms with Crippen molar-refractivity contribution in [2.24, 2.45) is 0 Å². The maximum absolute atomic E-state index is 5.38. The van der Waals surface area contributed by atoms with E-state index in [9.17, 15) is 0 Å². The number of hydrogen-bond acceptors (Lipinski definition) is 1. The van der Waals surface area contributed by atoms with Crippen LogP contribution < -0.4 is 4.74 Å². The molecule has 0 amide bonds. The number of alkyl halides is 1. The molecule has 84 valence electrons. The highest BCUT2D eigenvalue weighted by Gasteiger charge is 2.04. The summed E-state index contributed by atoms with van der Waals surface area (Å²) in [5.41, 5.74) is 1.40. The summed E-state index contributed by atoms with van der Waals surface area (Å²) < 4.78 is 5.38. The highest BCUT2D eigenvalue weighted by Crippen LogP contribution is 2.28. The van der Waals surface area contributed by atoms with Crippen molar-refractivity contribution in [2.75, 3.05) is 12.4 Å². The highest BCUT2D eigenvalue weighted by atomic mass is 79.9. The first-order valence-corrected chi connectivity index (χ1v) is 6.59. The Morgan fingerprint density at radius 2 is 1.81 bits per heavy atom. The Labute approximate surface area is 105 Å². The first-order chi connectivity index (χ1) is 7.86. The number of benzene rings is 2. The van der Waals surface area contributed by atoms with E-state index in [0.29, 0.717) is 0 Å². The lowest BCUT2D eigenvalue weighted by Crippen LogP contribution is -1.90. The number of ether oxygens (including phenoxy) is 1. The second-order valence-electron chi connectivity index (χ2n) is 3.77. The van der Waals surface area contributed by atoms with E-state index >= 15 is 0 Å². The molecule has 0 radical (unpaired) electrons. The van der Waals surface area contributed by atoms with Crippen LogP contribution in [0.2, 0.25) is 0 Å². The molecule has 0 saturated heterocycles. The Balaban J connectivity index is 2.51. The van der Waals surface area contributed by atoms with Gasteiger partial charge in [-0.25, -0.2) is 0 Å². The van der Waals surface area contributed by atoms with Crippen LogP contribution in [-0.2, 0) is 6.42 Å². The van der Waals surface area contributed by atoms with Crippen LogP contribution in [0, 0.1) is 0 Å². The van der Waals surface area contributed by atoms with Crippen LogP contribution in [0.25, 0.3) is 10.8 Å². The van der Waals surface area contributed by atoms with Crippen molar-refractivity contribution in [3.8, 4) is 5.75 Å². The number of hydrogen-bond donors (Lipinski definition) is 0. The van der Waals surface area contributed by atoms with Gasteiger partial charge < -0.3 is 4.74 Å². The molecule has 0 atom stereocenters. The molecular formula is C14H15BrO. The zero-order valence-electron chi connectivity index (χ0n) is 9.37. The van der Waals surface area contributed by atoms with E-state index < -0.39 is 0 Å². The number of halogens is 1. The monoisotopic (exact) mass is 278 g/mol. The molecule has 0 aromatic heterocycles. The van der Waals surface area contributed by atoms with Gasteiger partial charge >= 0.3 is 0 Å². The van der Waals surface area contributed by atoms with E-state index in [1.807, 2.05) is 6.07 Å². The smallest absolute Gasteiger partial charge is 0.126 e. The third kappa shape index (κ3) is 2.22. The lowest BCUT2D eigenvalue weighted by Gasteiger charge is -2.09. The molecule has 0 fully saturated rings. The van der Waals surface area contributed by atoms with Crippen LogP contribution >= 0.6 is 15.9 Å². The van der Waals surface area contributed by atoms with Crippen LogP contribution in [0.1, 0.15) is 12.0 Å². The number of methoxy groups -OCH3 is 1. The minimum atomic E-state index is 0.957. The standard InChI is InChI=1S/C14H15BrO/c1-16-14-9-3-7-12-11(6-4-10-15)5-2-8-13(12)14/h2-3,5,7-9H,4,6,10H2,1H3. The molecule has 0 aliphatic carbocycles. The summed E-state index contributed by atoms with van der Waals surface area (Å²) in [6.07, 6.45) is 2.27. The minimum Gasteiger partial charge on any atom is -0.496 e. The van der Waals surface area contributed by atoms with E-state index in [2.05, 4.69) is 46.3 Å². The van der Waals surface area contributed by atoms with Crippen LogP contribution in [0.15, 0.2) is 36.4 Å². The predicted octanol–water partition coefficient (Wildman–Crippen LogP) is 4.18. The second-order valence-corrected chi connectivity index (χ2v) is 4.56. The fourth-order valence-electron chi connectivity index (χ4n) is 2.00. The third-order valence-electron chi connectivity index (χ3n) is 2.77. The molecule has 2 aromatic rings. The van der Waals surface area contributed by atoms with Gasteiger partial charge in [0.15, 0.2) is 0 Å². The lowest BCUT2D eigenvalue weighted by molar-refractivity contribution is 0.420. The van der Waals surface area contributed by atoms with Crippen LogP contribution in [0.4, 0.5) is 0 Å². The van der Waals surface area contributed by atoms with Gasteiger partial charge in [-0.05, 0) is 29.9 Å². The molecular weight excluding hydrogens is 264 g/mol. The topological polar surface area (TPSA) is 9.23 Å². The summed E-state index contributed by atoms with van der Waals surface area (Å²) in [4.78, 5) is 0. The number of aryl methyl sites for hydroxylation is 1. The predicted molar refractivity (Wildman–Crippen MR) is 72.6 cm³/mol. The Kier molecular flexibility index (Phi) is 3.83. The maximum Gasteiger partial charge on any atom is 0.126 e. The van der Waals surface area contributed by atoms with Gasteiger partial charge in [0.25, 0.3) is 0 Å². The van der Waals surface area contributed by atoms with Crippen LogP contribution in [-0.4, -0.2) is 12.4 Å². The Morgan fingerprint density at radius 1 is 1.06 bits per heavy atom. The van der Waals surface area contributed by atoms with E-state index in [0.717, 1.165) is 23.9 Å². The molecule has 2 heteroatoms. The molecule has 0 aliphatic rings. The fraction of sp³-hybridized carbons (Fsp3) is 0.286. The molecule has 2 rings (SSSR count). The largest absolute Gasteiger partial charge is 0.496 e. The average molecular weight is 279 g/mol. The normalized spacial score (nSPS) is 10.6. The SMILES string of the molecule is COc1cccc2c(CCCBr)cccc12. The first-order valence-electron chi connectivity index (χ1n) is 5.47. The van der Waals surface area contributed by atoms with Crippen molar-refractivity contribution in [2.45, 2.75) is 12.8 Å². The van der Waals surface area contributed by atoms with Gasteiger partial charge in [0, 0.05) is 10.7 Å². The second kappa shape index (κ2) is 5.35. The number of rotatable bonds is 4. The van der Waals surface area contributed by atoms with Crippen molar-refractivity contribution in [3.63, 3.8) is 0 Å². The lowest BCUT2D eigenvalue weighted by atomic mass is 10.0. The summed E-state index contributed by atoms with van der Waals surface area (Å²) >= 11 is 3.47. The third-order valence-corrected chi connectivity index (χ3v) is 3.33. The molecule has 0 heterocycles. The molecule has 0 spiro atoms. The molecule has 1 nitrogen and oxygen atoms in total. The van der Waals surface area contributed by atoms with Gasteiger partial charge in [-0.2, -0.15) is 0 Å². The van der Waals surface area contributed by atoms with Gasteiger partial charge in [-0.3, -0.25) is 0 Å². The minimum absolute atomic E-state index is 0.957. The Morgan fingerprint density at radius 3 is 2.56 bits per heavy atom. The molecule has 0 saturated carbocycles. The summed E-state index contributed by atoms with van der Waals surface area (Å²) in [5.74, 6) is 0.957. The van der Waals surface area contributed by atoms with Crippen molar-refractivity contribution in [1.29, 1.82) is 0 Å². The van der Waals surface area contributed by atoms with Gasteiger partial charge in [-0.15, -0.1) is 0 Å². The Hall–Kier alpha value is -1.02. The van der Waals surface area contributed by atoms with Crippen LogP contribution in [0.3, 0.4) is 0 Å². The van der Waals surface area contributed by atoms with E-state index in [4.69, 9.17) is 4.74 Å². The molecule has 2 aromatic carbocycles. The van der Waals surface area contributed by atoms with Gasteiger partial charge in [0.1, 0.15) is 5.75 Å². The highest BCUT2D eigenvalue weighted by molar-refractivity contribution is 9.09. The van der Waals surface area contributed by atoms with Crippen LogP contribution in [0.5, 0.6) is 5.75 Å². The van der Waals surface area contributed by atoms with Crippen molar-refractivity contribution in [1.82, 2.24) is 0 Å². The van der Waals surface area contributed by atoms with Crippen molar-refractivity contribution < 1.29 is 4.74 Å². The van der Waals surface area contributed by atoms with Crippen molar-refractivity contribution >= 4 is 26.7 Å². The number of fused-ring (bicyclic) bond motifs is 1. The van der Waals surface area contributed by atoms with Gasteiger partial charge in [0.2, 0.25) is 0 Å². The summed E-state index contributed by atoms with van der Waals surface area (Å²) in [6, 6.07) is 12.7. The quantitative estimate of drug-likeness (QED) is 0.763. The zero-order valence-corrected chi connectivity index (χ0v) is 11.0.